The Labute approximate surface area is 119 Å². The number of hydrogen-bond acceptors (Lipinski definition) is 8. The molecule has 0 spiro atoms. The van der Waals surface area contributed by atoms with Gasteiger partial charge in [0.2, 0.25) is 0 Å². The number of nitrogens with zero attached hydrogens (tertiary/aromatic N) is 4. The average Bonchev–Trinajstić information content (AvgIpc) is 2.32. The van der Waals surface area contributed by atoms with Crippen molar-refractivity contribution in [3.8, 4) is 25.0 Å². The van der Waals surface area contributed by atoms with E-state index in [9.17, 15) is 0 Å². The van der Waals surface area contributed by atoms with Gasteiger partial charge in [0.15, 0.2) is 0 Å². The van der Waals surface area contributed by atoms with Crippen molar-refractivity contribution in [2.75, 3.05) is 0 Å². The lowest BCUT2D eigenvalue weighted by Crippen LogP contribution is -2.14. The fourth-order valence-corrected chi connectivity index (χ4v) is 1.51. The Bertz CT molecular complexity index is 288. The lowest BCUT2D eigenvalue weighted by molar-refractivity contribution is 0.244. The molecule has 0 unspecified atom stereocenters. The van der Waals surface area contributed by atoms with Gasteiger partial charge in [-0.2, -0.15) is 21.0 Å². The number of hydrogen-bond donors (Lipinski definition) is 4. The maximum atomic E-state index is 6.88. The van der Waals surface area contributed by atoms with Crippen molar-refractivity contribution in [3.63, 3.8) is 0 Å². The molecule has 0 aromatic carbocycles. The first kappa shape index (κ1) is 25.9. The lowest BCUT2D eigenvalue weighted by Gasteiger charge is -2.28. The molecule has 1 aliphatic carbocycles. The van der Waals surface area contributed by atoms with Gasteiger partial charge in [0, 0.05) is 0 Å². The molecular weight excluding hydrogens is 264 g/mol. The van der Waals surface area contributed by atoms with Gasteiger partial charge < -0.3 is 20.4 Å². The van der Waals surface area contributed by atoms with Gasteiger partial charge >= 0.3 is 0 Å². The molecule has 0 aliphatic heterocycles. The minimum atomic E-state index is 0.679. The van der Waals surface area contributed by atoms with E-state index >= 15 is 0 Å². The first-order chi connectivity index (χ1) is 9.36. The van der Waals surface area contributed by atoms with Crippen LogP contribution in [-0.2, 0) is 0 Å². The number of aliphatic hydroxyl groups excluding tert-OH is 4. The van der Waals surface area contributed by atoms with Crippen LogP contribution in [-0.4, -0.2) is 20.4 Å². The van der Waals surface area contributed by atoms with Gasteiger partial charge in [0.1, 0.15) is 0 Å². The first-order valence-electron chi connectivity index (χ1n) is 5.50. The zero-order chi connectivity index (χ0) is 16.9. The van der Waals surface area contributed by atoms with E-state index in [-0.39, 0.29) is 0 Å². The highest BCUT2D eigenvalue weighted by molar-refractivity contribution is 4.72. The van der Waals surface area contributed by atoms with Crippen LogP contribution in [0.3, 0.4) is 0 Å². The monoisotopic (exact) mass is 284 g/mol. The molecule has 112 valence electrons. The summed E-state index contributed by atoms with van der Waals surface area (Å²) in [6.45, 7) is 4.76. The molecule has 0 atom stereocenters. The average molecular weight is 284 g/mol. The second-order valence-corrected chi connectivity index (χ2v) is 4.12. The summed E-state index contributed by atoms with van der Waals surface area (Å²) >= 11 is 0. The molecule has 0 bridgehead atoms. The highest BCUT2D eigenvalue weighted by Gasteiger charge is 2.19. The third-order valence-corrected chi connectivity index (χ3v) is 2.21. The number of rotatable bonds is 0. The van der Waals surface area contributed by atoms with Crippen molar-refractivity contribution in [1.82, 2.24) is 0 Å². The van der Waals surface area contributed by atoms with Crippen LogP contribution in [0.4, 0.5) is 0 Å². The summed E-state index contributed by atoms with van der Waals surface area (Å²) in [7, 11) is 0. The van der Waals surface area contributed by atoms with E-state index in [0.717, 1.165) is 25.0 Å². The fourth-order valence-electron chi connectivity index (χ4n) is 1.51. The molecule has 4 N–H and O–H groups in total. The van der Waals surface area contributed by atoms with Gasteiger partial charge in [0.05, 0.1) is 0 Å². The Morgan fingerprint density at radius 3 is 0.950 bits per heavy atom. The van der Waals surface area contributed by atoms with Gasteiger partial charge in [-0.25, -0.2) is 0 Å². The van der Waals surface area contributed by atoms with Crippen molar-refractivity contribution >= 4 is 0 Å². The molecular formula is C12H20N4O4. The van der Waals surface area contributed by atoms with Gasteiger partial charge in [-0.05, 0) is 18.3 Å². The Hall–Kier alpha value is -2.84. The molecule has 0 amide bonds. The fraction of sp³-hybridized carbons (Fsp3) is 0.667. The van der Waals surface area contributed by atoms with E-state index in [2.05, 4.69) is 13.8 Å². The van der Waals surface area contributed by atoms with Gasteiger partial charge in [-0.1, -0.05) is 33.1 Å². The zero-order valence-electron chi connectivity index (χ0n) is 11.6. The van der Waals surface area contributed by atoms with E-state index in [4.69, 9.17) is 41.5 Å². The van der Waals surface area contributed by atoms with Crippen LogP contribution in [0.2, 0.25) is 0 Å². The number of nitriles is 4. The predicted octanol–water partition coefficient (Wildman–Crippen LogP) is 2.34. The van der Waals surface area contributed by atoms with Crippen LogP contribution >= 0.6 is 0 Å². The van der Waals surface area contributed by atoms with E-state index in [0.29, 0.717) is 5.41 Å². The van der Waals surface area contributed by atoms with Gasteiger partial charge in [-0.15, -0.1) is 0 Å². The summed E-state index contributed by atoms with van der Waals surface area (Å²) in [5, 5.41) is 55.0. The standard InChI is InChI=1S/C8H16.4CHNO/c1-8(2)6-4-3-5-7-8;4*2-1-3/h3-7H2,1-2H3;4*3H. The largest absolute Gasteiger partial charge is 0.443 e. The van der Waals surface area contributed by atoms with Crippen LogP contribution in [0, 0.1) is 51.5 Å². The topological polar surface area (TPSA) is 176 Å². The summed E-state index contributed by atoms with van der Waals surface area (Å²) in [4.78, 5) is 0. The normalized spacial score (nSPS) is 12.5. The van der Waals surface area contributed by atoms with Crippen LogP contribution < -0.4 is 0 Å². The summed E-state index contributed by atoms with van der Waals surface area (Å²) in [5.74, 6) is 0. The smallest absolute Gasteiger partial charge is 0.283 e. The quantitative estimate of drug-likeness (QED) is 0.489. The zero-order valence-corrected chi connectivity index (χ0v) is 11.6. The van der Waals surface area contributed by atoms with Crippen LogP contribution in [0.5, 0.6) is 0 Å². The molecule has 8 nitrogen and oxygen atoms in total. The highest BCUT2D eigenvalue weighted by atomic mass is 16.2. The molecule has 1 aliphatic rings. The Morgan fingerprint density at radius 1 is 0.650 bits per heavy atom. The molecule has 1 rings (SSSR count). The third kappa shape index (κ3) is 59.3. The SMILES string of the molecule is CC1(C)CCCCC1.N#CO.N#CO.N#CO.N#CO. The molecule has 8 heteroatoms. The molecule has 0 heterocycles. The maximum Gasteiger partial charge on any atom is 0.283 e. The first-order valence-corrected chi connectivity index (χ1v) is 5.50. The molecule has 0 aromatic heterocycles. The van der Waals surface area contributed by atoms with Crippen molar-refractivity contribution < 1.29 is 20.4 Å². The van der Waals surface area contributed by atoms with E-state index in [1.54, 1.807) is 0 Å². The third-order valence-electron chi connectivity index (χ3n) is 2.21. The molecule has 0 radical (unpaired) electrons. The van der Waals surface area contributed by atoms with E-state index in [1.165, 1.54) is 32.1 Å². The van der Waals surface area contributed by atoms with Crippen molar-refractivity contribution in [1.29, 1.82) is 21.0 Å². The summed E-state index contributed by atoms with van der Waals surface area (Å²) in [5.41, 5.74) is 0.679. The second kappa shape index (κ2) is 25.1. The van der Waals surface area contributed by atoms with E-state index < -0.39 is 0 Å². The second-order valence-electron chi connectivity index (χ2n) is 4.12. The predicted molar refractivity (Wildman–Crippen MR) is 67.1 cm³/mol. The van der Waals surface area contributed by atoms with Crippen LogP contribution in [0.25, 0.3) is 0 Å². The summed E-state index contributed by atoms with van der Waals surface area (Å²) < 4.78 is 0. The molecule has 20 heavy (non-hydrogen) atoms. The van der Waals surface area contributed by atoms with Gasteiger partial charge in [0.25, 0.3) is 25.0 Å². The van der Waals surface area contributed by atoms with Crippen molar-refractivity contribution in [3.05, 3.63) is 0 Å². The van der Waals surface area contributed by atoms with Crippen molar-refractivity contribution in [2.24, 2.45) is 5.41 Å². The molecule has 1 saturated carbocycles. The minimum Gasteiger partial charge on any atom is -0.443 e. The molecule has 0 saturated heterocycles. The highest BCUT2D eigenvalue weighted by Crippen LogP contribution is 2.34. The summed E-state index contributed by atoms with van der Waals surface area (Å²) in [6.07, 6.45) is 10.3. The lowest BCUT2D eigenvalue weighted by atomic mass is 9.78. The Morgan fingerprint density at radius 2 is 0.850 bits per heavy atom. The van der Waals surface area contributed by atoms with Crippen LogP contribution in [0.1, 0.15) is 46.0 Å². The number of aliphatic hydroxyl groups is 4. The Balaban J connectivity index is -0.0000000910. The maximum absolute atomic E-state index is 6.88. The Kier molecular flexibility index (Phi) is 32.5. The molecule has 0 aromatic rings. The van der Waals surface area contributed by atoms with Crippen molar-refractivity contribution in [2.45, 2.75) is 46.0 Å². The van der Waals surface area contributed by atoms with E-state index in [1.807, 2.05) is 0 Å². The minimum absolute atomic E-state index is 0.679. The van der Waals surface area contributed by atoms with Gasteiger partial charge in [-0.3, -0.25) is 0 Å². The summed E-state index contributed by atoms with van der Waals surface area (Å²) in [6, 6.07) is 0. The van der Waals surface area contributed by atoms with Crippen LogP contribution in [0.15, 0.2) is 0 Å². The molecule has 1 fully saturated rings.